The summed E-state index contributed by atoms with van der Waals surface area (Å²) in [6.07, 6.45) is 71.0. The third kappa shape index (κ3) is 56.2. The van der Waals surface area contributed by atoms with Gasteiger partial charge in [0.1, 0.15) is 13.2 Å². The van der Waals surface area contributed by atoms with Crippen LogP contribution in [0.1, 0.15) is 316 Å². The summed E-state index contributed by atoms with van der Waals surface area (Å²) in [7, 11) is 0. The second-order valence-electron chi connectivity index (χ2n) is 20.3. The van der Waals surface area contributed by atoms with E-state index >= 15 is 0 Å². The lowest BCUT2D eigenvalue weighted by Crippen LogP contribution is -2.30. The topological polar surface area (TPSA) is 78.9 Å². The first-order valence-corrected chi connectivity index (χ1v) is 30.2. The minimum absolute atomic E-state index is 0.0743. The van der Waals surface area contributed by atoms with Crippen LogP contribution in [0.3, 0.4) is 0 Å². The zero-order valence-electron chi connectivity index (χ0n) is 46.1. The van der Waals surface area contributed by atoms with E-state index in [9.17, 15) is 14.4 Å². The molecule has 402 valence electrons. The van der Waals surface area contributed by atoms with Gasteiger partial charge in [-0.2, -0.15) is 0 Å². The average molecular weight is 968 g/mol. The van der Waals surface area contributed by atoms with Crippen molar-refractivity contribution in [1.29, 1.82) is 0 Å². The van der Waals surface area contributed by atoms with Gasteiger partial charge in [-0.1, -0.05) is 275 Å². The minimum atomic E-state index is -0.776. The van der Waals surface area contributed by atoms with Gasteiger partial charge < -0.3 is 14.2 Å². The van der Waals surface area contributed by atoms with Crippen LogP contribution < -0.4 is 0 Å². The van der Waals surface area contributed by atoms with Gasteiger partial charge in [0.05, 0.1) is 0 Å². The van der Waals surface area contributed by atoms with Crippen LogP contribution in [0, 0.1) is 0 Å². The number of hydrogen-bond acceptors (Lipinski definition) is 6. The molecule has 6 nitrogen and oxygen atoms in total. The van der Waals surface area contributed by atoms with Gasteiger partial charge in [0.15, 0.2) is 6.10 Å². The summed E-state index contributed by atoms with van der Waals surface area (Å²) >= 11 is 0. The zero-order chi connectivity index (χ0) is 50.0. The highest BCUT2D eigenvalue weighted by Crippen LogP contribution is 2.17. The molecular weight excluding hydrogens is 853 g/mol. The Kier molecular flexibility index (Phi) is 55.7. The standard InChI is InChI=1S/C63H114O6/c1-4-7-10-13-16-19-22-25-28-30-32-34-35-38-41-44-47-50-53-56-62(65)68-59-60(58-67-61(64)55-52-49-46-43-40-37-27-24-21-18-15-12-9-6-3)69-63(66)57-54-51-48-45-42-39-36-33-31-29-26-23-20-17-14-11-8-5-2/h9,12,16,18-19,21-22,25,60H,4-8,10-11,13-15,17,20,23-24,26-59H2,1-3H3/b12-9-,19-16-,21-18-,25-22-. The van der Waals surface area contributed by atoms with E-state index in [4.69, 9.17) is 14.2 Å². The normalized spacial score (nSPS) is 12.3. The molecule has 0 saturated heterocycles. The molecule has 0 radical (unpaired) electrons. The molecule has 0 aliphatic rings. The Labute approximate surface area is 428 Å². The number of carbonyl (C=O) groups is 3. The summed E-state index contributed by atoms with van der Waals surface area (Å²) in [4.78, 5) is 38.2. The highest BCUT2D eigenvalue weighted by atomic mass is 16.6. The van der Waals surface area contributed by atoms with E-state index in [0.717, 1.165) is 77.0 Å². The second kappa shape index (κ2) is 57.9. The molecule has 0 rings (SSSR count). The third-order valence-electron chi connectivity index (χ3n) is 13.3. The highest BCUT2D eigenvalue weighted by Gasteiger charge is 2.19. The second-order valence-corrected chi connectivity index (χ2v) is 20.3. The Hall–Kier alpha value is -2.63. The summed E-state index contributed by atoms with van der Waals surface area (Å²) in [6, 6.07) is 0. The molecule has 1 unspecified atom stereocenters. The van der Waals surface area contributed by atoms with Crippen molar-refractivity contribution in [3.8, 4) is 0 Å². The molecule has 0 saturated carbocycles. The molecule has 0 N–H and O–H groups in total. The fourth-order valence-corrected chi connectivity index (χ4v) is 8.83. The number of rotatable bonds is 55. The van der Waals surface area contributed by atoms with Gasteiger partial charge in [-0.15, -0.1) is 0 Å². The molecule has 0 aromatic carbocycles. The van der Waals surface area contributed by atoms with Crippen LogP contribution in [-0.2, 0) is 28.6 Å². The molecule has 1 atom stereocenters. The van der Waals surface area contributed by atoms with Gasteiger partial charge in [0, 0.05) is 19.3 Å². The molecule has 0 aliphatic heterocycles. The molecule has 69 heavy (non-hydrogen) atoms. The number of carbonyl (C=O) groups excluding carboxylic acids is 3. The van der Waals surface area contributed by atoms with Gasteiger partial charge >= 0.3 is 17.9 Å². The molecule has 0 aliphatic carbocycles. The van der Waals surface area contributed by atoms with Gasteiger partial charge in [0.2, 0.25) is 0 Å². The van der Waals surface area contributed by atoms with E-state index in [1.54, 1.807) is 0 Å². The highest BCUT2D eigenvalue weighted by molar-refractivity contribution is 5.71. The Morgan fingerprint density at radius 1 is 0.319 bits per heavy atom. The Morgan fingerprint density at radius 2 is 0.609 bits per heavy atom. The van der Waals surface area contributed by atoms with Crippen molar-refractivity contribution in [2.45, 2.75) is 322 Å². The summed E-state index contributed by atoms with van der Waals surface area (Å²) in [5.41, 5.74) is 0. The van der Waals surface area contributed by atoms with Gasteiger partial charge in [-0.05, 0) is 70.6 Å². The van der Waals surface area contributed by atoms with Crippen molar-refractivity contribution in [1.82, 2.24) is 0 Å². The molecule has 0 bridgehead atoms. The van der Waals surface area contributed by atoms with Crippen molar-refractivity contribution in [2.75, 3.05) is 13.2 Å². The van der Waals surface area contributed by atoms with E-state index < -0.39 is 6.10 Å². The SMILES string of the molecule is CC/C=C\C/C=C\CCCCCCCCCC(=O)OCC(COC(=O)CCCCCCCCCCCC/C=C\C=C/CCCCC)OC(=O)CCCCCCCCCCCCCCCCCCCC. The summed E-state index contributed by atoms with van der Waals surface area (Å²) in [5, 5.41) is 0. The third-order valence-corrected chi connectivity index (χ3v) is 13.3. The average Bonchev–Trinajstić information content (AvgIpc) is 3.35. The van der Waals surface area contributed by atoms with Crippen LogP contribution in [0.15, 0.2) is 48.6 Å². The fourth-order valence-electron chi connectivity index (χ4n) is 8.83. The predicted octanol–water partition coefficient (Wildman–Crippen LogP) is 20.2. The van der Waals surface area contributed by atoms with Crippen molar-refractivity contribution in [2.24, 2.45) is 0 Å². The fraction of sp³-hybridized carbons (Fsp3) is 0.825. The number of hydrogen-bond donors (Lipinski definition) is 0. The number of unbranched alkanes of at least 4 members (excludes halogenated alkanes) is 37. The maximum atomic E-state index is 12.9. The van der Waals surface area contributed by atoms with E-state index in [-0.39, 0.29) is 31.1 Å². The number of esters is 3. The first-order valence-electron chi connectivity index (χ1n) is 30.2. The first kappa shape index (κ1) is 66.4. The van der Waals surface area contributed by atoms with Crippen LogP contribution in [-0.4, -0.2) is 37.2 Å². The molecule has 0 spiro atoms. The van der Waals surface area contributed by atoms with Crippen LogP contribution in [0.4, 0.5) is 0 Å². The first-order chi connectivity index (χ1) is 34.0. The monoisotopic (exact) mass is 967 g/mol. The quantitative estimate of drug-likeness (QED) is 0.0199. The Morgan fingerprint density at radius 3 is 0.986 bits per heavy atom. The maximum absolute atomic E-state index is 12.9. The smallest absolute Gasteiger partial charge is 0.306 e. The summed E-state index contributed by atoms with van der Waals surface area (Å²) in [5.74, 6) is -0.867. The summed E-state index contributed by atoms with van der Waals surface area (Å²) < 4.78 is 16.9. The Balaban J connectivity index is 4.33. The predicted molar refractivity (Wildman–Crippen MR) is 298 cm³/mol. The van der Waals surface area contributed by atoms with Gasteiger partial charge in [0.25, 0.3) is 0 Å². The minimum Gasteiger partial charge on any atom is -0.462 e. The molecule has 0 heterocycles. The molecule has 0 fully saturated rings. The molecular formula is C63H114O6. The van der Waals surface area contributed by atoms with Crippen molar-refractivity contribution >= 4 is 17.9 Å². The van der Waals surface area contributed by atoms with E-state index in [1.807, 2.05) is 0 Å². The Bertz CT molecular complexity index is 1200. The molecule has 0 aromatic heterocycles. The van der Waals surface area contributed by atoms with Gasteiger partial charge in [-0.25, -0.2) is 0 Å². The maximum Gasteiger partial charge on any atom is 0.306 e. The molecule has 0 amide bonds. The molecule has 6 heteroatoms. The summed E-state index contributed by atoms with van der Waals surface area (Å²) in [6.45, 7) is 6.54. The van der Waals surface area contributed by atoms with Crippen LogP contribution in [0.2, 0.25) is 0 Å². The van der Waals surface area contributed by atoms with E-state index in [2.05, 4.69) is 69.4 Å². The lowest BCUT2D eigenvalue weighted by Gasteiger charge is -2.18. The largest absolute Gasteiger partial charge is 0.462 e. The number of ether oxygens (including phenoxy) is 3. The van der Waals surface area contributed by atoms with Crippen molar-refractivity contribution in [3.05, 3.63) is 48.6 Å². The van der Waals surface area contributed by atoms with Crippen molar-refractivity contribution < 1.29 is 28.6 Å². The van der Waals surface area contributed by atoms with Crippen molar-refractivity contribution in [3.63, 3.8) is 0 Å². The van der Waals surface area contributed by atoms with E-state index in [1.165, 1.54) is 199 Å². The van der Waals surface area contributed by atoms with Crippen LogP contribution in [0.5, 0.6) is 0 Å². The zero-order valence-corrected chi connectivity index (χ0v) is 46.1. The van der Waals surface area contributed by atoms with Crippen LogP contribution >= 0.6 is 0 Å². The van der Waals surface area contributed by atoms with Crippen LogP contribution in [0.25, 0.3) is 0 Å². The number of allylic oxidation sites excluding steroid dienone is 8. The van der Waals surface area contributed by atoms with Gasteiger partial charge in [-0.3, -0.25) is 14.4 Å². The lowest BCUT2D eigenvalue weighted by molar-refractivity contribution is -0.167. The molecule has 0 aromatic rings. The van der Waals surface area contributed by atoms with E-state index in [0.29, 0.717) is 19.3 Å². The lowest BCUT2D eigenvalue weighted by atomic mass is 10.0.